The summed E-state index contributed by atoms with van der Waals surface area (Å²) in [7, 11) is 1.94. The monoisotopic (exact) mass is 478 g/mol. The van der Waals surface area contributed by atoms with Gasteiger partial charge in [0.05, 0.1) is 45.7 Å². The topological polar surface area (TPSA) is 76.8 Å². The Morgan fingerprint density at radius 2 is 1.81 bits per heavy atom. The van der Waals surface area contributed by atoms with Crippen LogP contribution in [0.5, 0.6) is 0 Å². The van der Waals surface area contributed by atoms with Gasteiger partial charge in [-0.3, -0.25) is 4.79 Å². The first-order valence-corrected chi connectivity index (χ1v) is 11.5. The van der Waals surface area contributed by atoms with Crippen LogP contribution in [0.25, 0.3) is 28.0 Å². The number of fused-ring (bicyclic) bond motifs is 2. The largest absolute Gasteiger partial charge is 0.354 e. The van der Waals surface area contributed by atoms with E-state index in [1.54, 1.807) is 12.4 Å². The molecule has 0 spiro atoms. The highest BCUT2D eigenvalue weighted by Gasteiger charge is 2.29. The van der Waals surface area contributed by atoms with Crippen LogP contribution in [0.1, 0.15) is 22.5 Å². The molecule has 0 atom stereocenters. The van der Waals surface area contributed by atoms with E-state index in [-0.39, 0.29) is 5.91 Å². The quantitative estimate of drug-likeness (QED) is 0.337. The number of imidazole rings is 1. The van der Waals surface area contributed by atoms with Crippen LogP contribution in [0, 0.1) is 19.7 Å². The SMILES string of the molecule is Cc1cc(C)n(-c2ccc(N/C(=C3\C(=O)Nc4cc(F)ccc43)c3ccc4c(c3)ncn4C)cc2)n1. The predicted molar refractivity (Wildman–Crippen MR) is 139 cm³/mol. The molecule has 178 valence electrons. The molecule has 1 aliphatic heterocycles. The molecule has 0 unspecified atom stereocenters. The van der Waals surface area contributed by atoms with Crippen molar-refractivity contribution in [1.82, 2.24) is 19.3 Å². The first-order valence-electron chi connectivity index (χ1n) is 11.5. The highest BCUT2D eigenvalue weighted by atomic mass is 19.1. The van der Waals surface area contributed by atoms with E-state index in [9.17, 15) is 9.18 Å². The van der Waals surface area contributed by atoms with Crippen molar-refractivity contribution in [3.05, 3.63) is 101 Å². The average Bonchev–Trinajstić information content (AvgIpc) is 3.51. The molecule has 8 heteroatoms. The summed E-state index contributed by atoms with van der Waals surface area (Å²) in [6, 6.07) is 20.1. The van der Waals surface area contributed by atoms with Gasteiger partial charge in [0.25, 0.3) is 5.91 Å². The fraction of sp³-hybridized carbons (Fsp3) is 0.107. The van der Waals surface area contributed by atoms with Gasteiger partial charge in [0.1, 0.15) is 5.82 Å². The number of anilines is 2. The molecule has 2 aromatic heterocycles. The molecular weight excluding hydrogens is 455 g/mol. The Morgan fingerprint density at radius 3 is 2.56 bits per heavy atom. The predicted octanol–water partition coefficient (Wildman–Crippen LogP) is 5.45. The molecule has 2 N–H and O–H groups in total. The molecule has 0 saturated heterocycles. The van der Waals surface area contributed by atoms with Crippen LogP contribution in [0.3, 0.4) is 0 Å². The zero-order chi connectivity index (χ0) is 25.0. The average molecular weight is 479 g/mol. The summed E-state index contributed by atoms with van der Waals surface area (Å²) in [5, 5.41) is 10.8. The van der Waals surface area contributed by atoms with Crippen molar-refractivity contribution in [3.63, 3.8) is 0 Å². The minimum Gasteiger partial charge on any atom is -0.354 e. The lowest BCUT2D eigenvalue weighted by Crippen LogP contribution is -2.10. The van der Waals surface area contributed by atoms with Crippen molar-refractivity contribution < 1.29 is 9.18 Å². The smallest absolute Gasteiger partial charge is 0.258 e. The van der Waals surface area contributed by atoms with Crippen LogP contribution in [-0.2, 0) is 11.8 Å². The van der Waals surface area contributed by atoms with Gasteiger partial charge in [0, 0.05) is 29.6 Å². The highest BCUT2D eigenvalue weighted by Crippen LogP contribution is 2.38. The third kappa shape index (κ3) is 3.63. The summed E-state index contributed by atoms with van der Waals surface area (Å²) in [5.41, 5.74) is 8.49. The number of rotatable bonds is 4. The zero-order valence-corrected chi connectivity index (χ0v) is 20.0. The lowest BCUT2D eigenvalue weighted by Gasteiger charge is -2.16. The van der Waals surface area contributed by atoms with Gasteiger partial charge in [0.2, 0.25) is 0 Å². The minimum absolute atomic E-state index is 0.293. The number of aromatic nitrogens is 4. The molecule has 0 saturated carbocycles. The van der Waals surface area contributed by atoms with E-state index in [4.69, 9.17) is 0 Å². The lowest BCUT2D eigenvalue weighted by molar-refractivity contribution is -0.110. The molecule has 36 heavy (non-hydrogen) atoms. The van der Waals surface area contributed by atoms with Gasteiger partial charge in [-0.15, -0.1) is 0 Å². The van der Waals surface area contributed by atoms with Crippen molar-refractivity contribution in [3.8, 4) is 5.69 Å². The van der Waals surface area contributed by atoms with E-state index in [0.29, 0.717) is 22.5 Å². The zero-order valence-electron chi connectivity index (χ0n) is 20.0. The fourth-order valence-electron chi connectivity index (χ4n) is 4.68. The van der Waals surface area contributed by atoms with E-state index >= 15 is 0 Å². The number of hydrogen-bond acceptors (Lipinski definition) is 4. The summed E-state index contributed by atoms with van der Waals surface area (Å²) in [6.07, 6.45) is 1.76. The van der Waals surface area contributed by atoms with Crippen molar-refractivity contribution >= 4 is 39.6 Å². The van der Waals surface area contributed by atoms with Crippen LogP contribution in [0.15, 0.2) is 73.1 Å². The Hall–Kier alpha value is -4.72. The molecule has 0 aliphatic carbocycles. The Kier molecular flexibility index (Phi) is 4.96. The number of halogens is 1. The second kappa shape index (κ2) is 8.20. The highest BCUT2D eigenvalue weighted by molar-refractivity contribution is 6.37. The molecule has 5 aromatic rings. The van der Waals surface area contributed by atoms with E-state index in [2.05, 4.69) is 20.7 Å². The third-order valence-corrected chi connectivity index (χ3v) is 6.38. The summed E-state index contributed by atoms with van der Waals surface area (Å²) >= 11 is 0. The van der Waals surface area contributed by atoms with Gasteiger partial charge >= 0.3 is 0 Å². The summed E-state index contributed by atoms with van der Waals surface area (Å²) in [4.78, 5) is 17.6. The summed E-state index contributed by atoms with van der Waals surface area (Å²) in [5.74, 6) is -0.696. The number of amides is 1. The number of nitrogens with one attached hydrogen (secondary N) is 2. The van der Waals surface area contributed by atoms with Crippen LogP contribution >= 0.6 is 0 Å². The molecule has 1 aliphatic rings. The van der Waals surface area contributed by atoms with Crippen LogP contribution in [0.4, 0.5) is 15.8 Å². The lowest BCUT2D eigenvalue weighted by atomic mass is 9.99. The Labute approximate surface area is 206 Å². The van der Waals surface area contributed by atoms with E-state index in [1.165, 1.54) is 12.1 Å². The van der Waals surface area contributed by atoms with Gasteiger partial charge in [0.15, 0.2) is 0 Å². The maximum Gasteiger partial charge on any atom is 0.258 e. The second-order valence-corrected chi connectivity index (χ2v) is 8.96. The molecule has 7 nitrogen and oxygen atoms in total. The van der Waals surface area contributed by atoms with E-state index in [0.717, 1.165) is 39.4 Å². The fourth-order valence-corrected chi connectivity index (χ4v) is 4.68. The Balaban J connectivity index is 1.47. The van der Waals surface area contributed by atoms with Crippen LogP contribution in [-0.4, -0.2) is 25.2 Å². The number of hydrogen-bond donors (Lipinski definition) is 2. The molecule has 3 heterocycles. The number of carbonyl (C=O) groups is 1. The molecular formula is C28H23FN6O. The summed E-state index contributed by atoms with van der Waals surface area (Å²) in [6.45, 7) is 3.98. The van der Waals surface area contributed by atoms with Gasteiger partial charge in [-0.25, -0.2) is 14.1 Å². The van der Waals surface area contributed by atoms with Crippen molar-refractivity contribution in [2.45, 2.75) is 13.8 Å². The molecule has 3 aromatic carbocycles. The first kappa shape index (κ1) is 21.8. The van der Waals surface area contributed by atoms with Crippen molar-refractivity contribution in [1.29, 1.82) is 0 Å². The maximum absolute atomic E-state index is 13.9. The van der Waals surface area contributed by atoms with Crippen LogP contribution < -0.4 is 10.6 Å². The number of benzene rings is 3. The van der Waals surface area contributed by atoms with Crippen molar-refractivity contribution in [2.24, 2.45) is 7.05 Å². The number of nitrogens with zero attached hydrogens (tertiary/aromatic N) is 4. The van der Waals surface area contributed by atoms with Crippen LogP contribution in [0.2, 0.25) is 0 Å². The van der Waals surface area contributed by atoms with Gasteiger partial charge in [-0.2, -0.15) is 5.10 Å². The maximum atomic E-state index is 13.9. The standard InChI is InChI=1S/C28H23FN6O/c1-16-12-17(2)35(33-16)21-8-6-20(7-9-21)31-27(18-4-11-25-24(13-18)30-15-34(25)3)26-22-10-5-19(29)14-23(22)32-28(26)36/h4-15,31H,1-3H3,(H,32,36)/b27-26-. The normalized spacial score (nSPS) is 14.2. The second-order valence-electron chi connectivity index (χ2n) is 8.96. The molecule has 0 radical (unpaired) electrons. The third-order valence-electron chi connectivity index (χ3n) is 6.38. The number of carbonyl (C=O) groups excluding carboxylic acids is 1. The molecule has 1 amide bonds. The Bertz CT molecular complexity index is 1690. The van der Waals surface area contributed by atoms with Crippen molar-refractivity contribution in [2.75, 3.05) is 10.6 Å². The van der Waals surface area contributed by atoms with Gasteiger partial charge in [-0.05, 0) is 74.5 Å². The molecule has 0 bridgehead atoms. The minimum atomic E-state index is -0.403. The Morgan fingerprint density at radius 1 is 1.00 bits per heavy atom. The van der Waals surface area contributed by atoms with Gasteiger partial charge < -0.3 is 15.2 Å². The van der Waals surface area contributed by atoms with E-state index in [1.807, 2.05) is 78.7 Å². The van der Waals surface area contributed by atoms with E-state index < -0.39 is 5.82 Å². The molecule has 6 rings (SSSR count). The summed E-state index contributed by atoms with van der Waals surface area (Å²) < 4.78 is 17.7. The molecule has 0 fully saturated rings. The first-order chi connectivity index (χ1) is 17.4. The van der Waals surface area contributed by atoms with Gasteiger partial charge in [-0.1, -0.05) is 6.07 Å². The number of aryl methyl sites for hydroxylation is 3.